The van der Waals surface area contributed by atoms with Crippen LogP contribution in [0.1, 0.15) is 31.2 Å². The van der Waals surface area contributed by atoms with E-state index in [1.165, 1.54) is 31.6 Å². The highest BCUT2D eigenvalue weighted by atomic mass is 32.2. The standard InChI is InChI=1S/C22H21F3N4O4S/c1-33-18-10-15(9-16(18)20(30)29-21(12-26)5-6-21)34(31,32)19-3-2-13(8-17(19)22(23,24)25)14-4-7-27-28-11-14/h2-4,7-8,11,15-16,18H,5-6,9-10H2,1H3,(H,29,30)/t15?,16-,18-/m1/s1. The lowest BCUT2D eigenvalue weighted by Crippen LogP contribution is -2.42. The molecule has 0 aliphatic heterocycles. The van der Waals surface area contributed by atoms with Gasteiger partial charge in [0.2, 0.25) is 5.91 Å². The normalized spacial score (nSPS) is 23.8. The van der Waals surface area contributed by atoms with Gasteiger partial charge >= 0.3 is 6.18 Å². The number of ether oxygens (including phenoxy) is 1. The summed E-state index contributed by atoms with van der Waals surface area (Å²) in [5, 5.41) is 17.8. The van der Waals surface area contributed by atoms with E-state index in [2.05, 4.69) is 15.5 Å². The number of hydrogen-bond donors (Lipinski definition) is 1. The Balaban J connectivity index is 1.66. The van der Waals surface area contributed by atoms with Gasteiger partial charge in [-0.1, -0.05) is 6.07 Å². The molecule has 1 aromatic heterocycles. The van der Waals surface area contributed by atoms with Crippen molar-refractivity contribution in [2.24, 2.45) is 5.92 Å². The summed E-state index contributed by atoms with van der Waals surface area (Å²) >= 11 is 0. The molecule has 180 valence electrons. The number of halogens is 3. The molecule has 1 aromatic carbocycles. The van der Waals surface area contributed by atoms with Gasteiger partial charge < -0.3 is 10.1 Å². The fraction of sp³-hybridized carbons (Fsp3) is 0.455. The molecular formula is C22H21F3N4O4S. The third-order valence-electron chi connectivity index (χ3n) is 6.37. The molecule has 2 aromatic rings. The highest BCUT2D eigenvalue weighted by Gasteiger charge is 2.51. The Bertz CT molecular complexity index is 1240. The predicted molar refractivity (Wildman–Crippen MR) is 113 cm³/mol. The van der Waals surface area contributed by atoms with Crippen LogP contribution in [0.15, 0.2) is 41.6 Å². The van der Waals surface area contributed by atoms with Gasteiger partial charge in [0.25, 0.3) is 0 Å². The summed E-state index contributed by atoms with van der Waals surface area (Å²) in [4.78, 5) is 11.9. The number of nitrogens with one attached hydrogen (secondary N) is 1. The summed E-state index contributed by atoms with van der Waals surface area (Å²) in [5.74, 6) is -1.42. The van der Waals surface area contributed by atoms with Gasteiger partial charge in [-0.25, -0.2) is 8.42 Å². The van der Waals surface area contributed by atoms with E-state index in [4.69, 9.17) is 4.74 Å². The lowest BCUT2D eigenvalue weighted by molar-refractivity contribution is -0.139. The number of nitriles is 1. The van der Waals surface area contributed by atoms with Crippen LogP contribution in [-0.4, -0.2) is 48.5 Å². The average molecular weight is 494 g/mol. The van der Waals surface area contributed by atoms with Crippen LogP contribution in [0.3, 0.4) is 0 Å². The Morgan fingerprint density at radius 3 is 2.50 bits per heavy atom. The molecule has 34 heavy (non-hydrogen) atoms. The zero-order valence-electron chi connectivity index (χ0n) is 18.0. The molecule has 1 unspecified atom stereocenters. The lowest BCUT2D eigenvalue weighted by atomic mass is 10.0. The molecule has 0 spiro atoms. The minimum Gasteiger partial charge on any atom is -0.381 e. The fourth-order valence-electron chi connectivity index (χ4n) is 4.28. The third kappa shape index (κ3) is 4.50. The van der Waals surface area contributed by atoms with Crippen LogP contribution >= 0.6 is 0 Å². The Morgan fingerprint density at radius 1 is 1.21 bits per heavy atom. The van der Waals surface area contributed by atoms with Gasteiger partial charge in [-0.05, 0) is 49.4 Å². The first-order valence-corrected chi connectivity index (χ1v) is 12.0. The van der Waals surface area contributed by atoms with E-state index < -0.39 is 55.2 Å². The smallest absolute Gasteiger partial charge is 0.381 e. The molecule has 1 N–H and O–H groups in total. The van der Waals surface area contributed by atoms with E-state index in [-0.39, 0.29) is 18.4 Å². The molecule has 3 atom stereocenters. The maximum atomic E-state index is 13.9. The first kappa shape index (κ1) is 24.1. The minimum atomic E-state index is -4.93. The summed E-state index contributed by atoms with van der Waals surface area (Å²) in [6.07, 6.45) is -2.48. The number of hydrogen-bond acceptors (Lipinski definition) is 7. The van der Waals surface area contributed by atoms with Crippen LogP contribution in [-0.2, 0) is 25.5 Å². The van der Waals surface area contributed by atoms with E-state index in [1.807, 2.05) is 6.07 Å². The Kier molecular flexibility index (Phi) is 6.12. The van der Waals surface area contributed by atoms with Crippen molar-refractivity contribution in [2.75, 3.05) is 7.11 Å². The van der Waals surface area contributed by atoms with Crippen LogP contribution in [0.4, 0.5) is 13.2 Å². The molecule has 0 bridgehead atoms. The quantitative estimate of drug-likeness (QED) is 0.655. The fourth-order valence-corrected chi connectivity index (χ4v) is 6.28. The molecule has 1 amide bonds. The lowest BCUT2D eigenvalue weighted by Gasteiger charge is -2.19. The van der Waals surface area contributed by atoms with Crippen molar-refractivity contribution in [3.05, 3.63) is 42.2 Å². The predicted octanol–water partition coefficient (Wildman–Crippen LogP) is 2.90. The van der Waals surface area contributed by atoms with Gasteiger partial charge in [-0.3, -0.25) is 4.79 Å². The number of carbonyl (C=O) groups excluding carboxylic acids is 1. The van der Waals surface area contributed by atoms with Crippen molar-refractivity contribution in [2.45, 2.75) is 53.6 Å². The molecule has 12 heteroatoms. The van der Waals surface area contributed by atoms with Crippen LogP contribution in [0, 0.1) is 17.2 Å². The maximum absolute atomic E-state index is 13.9. The zero-order valence-corrected chi connectivity index (χ0v) is 18.9. The van der Waals surface area contributed by atoms with Crippen molar-refractivity contribution >= 4 is 15.7 Å². The van der Waals surface area contributed by atoms with Crippen molar-refractivity contribution in [3.8, 4) is 17.2 Å². The summed E-state index contributed by atoms with van der Waals surface area (Å²) in [7, 11) is -3.15. The molecule has 0 saturated heterocycles. The molecular weight excluding hydrogens is 473 g/mol. The van der Waals surface area contributed by atoms with Gasteiger partial charge in [-0.2, -0.15) is 28.6 Å². The number of nitrogens with zero attached hydrogens (tertiary/aromatic N) is 3. The van der Waals surface area contributed by atoms with Crippen molar-refractivity contribution in [1.82, 2.24) is 15.5 Å². The molecule has 2 fully saturated rings. The van der Waals surface area contributed by atoms with E-state index in [0.717, 1.165) is 12.1 Å². The van der Waals surface area contributed by atoms with E-state index in [9.17, 15) is 31.6 Å². The highest BCUT2D eigenvalue weighted by Crippen LogP contribution is 2.42. The Hall–Kier alpha value is -3.04. The second kappa shape index (κ2) is 8.63. The summed E-state index contributed by atoms with van der Waals surface area (Å²) in [6, 6.07) is 6.50. The third-order valence-corrected chi connectivity index (χ3v) is 8.61. The average Bonchev–Trinajstić information content (AvgIpc) is 3.44. The first-order valence-electron chi connectivity index (χ1n) is 10.5. The van der Waals surface area contributed by atoms with Gasteiger partial charge in [0.05, 0.1) is 46.2 Å². The minimum absolute atomic E-state index is 0.135. The Morgan fingerprint density at radius 2 is 1.94 bits per heavy atom. The van der Waals surface area contributed by atoms with Crippen LogP contribution in [0.5, 0.6) is 0 Å². The summed E-state index contributed by atoms with van der Waals surface area (Å²) < 4.78 is 73.8. The molecule has 0 radical (unpaired) electrons. The van der Waals surface area contributed by atoms with Gasteiger partial charge in [-0.15, -0.1) is 0 Å². The molecule has 4 rings (SSSR count). The van der Waals surface area contributed by atoms with E-state index in [1.54, 1.807) is 0 Å². The number of rotatable bonds is 6. The summed E-state index contributed by atoms with van der Waals surface area (Å²) in [5.41, 5.74) is -1.74. The molecule has 1 heterocycles. The number of methoxy groups -OCH3 is 1. The van der Waals surface area contributed by atoms with Gasteiger partial charge in [0, 0.05) is 12.7 Å². The largest absolute Gasteiger partial charge is 0.417 e. The van der Waals surface area contributed by atoms with Crippen LogP contribution < -0.4 is 5.32 Å². The van der Waals surface area contributed by atoms with Gasteiger partial charge in [0.1, 0.15) is 5.54 Å². The second-order valence-corrected chi connectivity index (χ2v) is 10.7. The SMILES string of the molecule is CO[C@@H]1CC(S(=O)(=O)c2ccc(-c3ccnnc3)cc2C(F)(F)F)C[C@H]1C(=O)NC1(C#N)CC1. The molecule has 2 aliphatic rings. The molecule has 2 saturated carbocycles. The highest BCUT2D eigenvalue weighted by molar-refractivity contribution is 7.92. The van der Waals surface area contributed by atoms with Crippen LogP contribution in [0.2, 0.25) is 0 Å². The maximum Gasteiger partial charge on any atom is 0.417 e. The molecule has 8 nitrogen and oxygen atoms in total. The van der Waals surface area contributed by atoms with E-state index >= 15 is 0 Å². The van der Waals surface area contributed by atoms with Crippen molar-refractivity contribution < 1.29 is 31.1 Å². The monoisotopic (exact) mass is 494 g/mol. The zero-order chi connectivity index (χ0) is 24.7. The number of alkyl halides is 3. The molecule has 2 aliphatic carbocycles. The summed E-state index contributed by atoms with van der Waals surface area (Å²) in [6.45, 7) is 0. The topological polar surface area (TPSA) is 122 Å². The van der Waals surface area contributed by atoms with Crippen molar-refractivity contribution in [3.63, 3.8) is 0 Å². The number of carbonyl (C=O) groups is 1. The van der Waals surface area contributed by atoms with E-state index in [0.29, 0.717) is 18.4 Å². The van der Waals surface area contributed by atoms with Crippen LogP contribution in [0.25, 0.3) is 11.1 Å². The first-order chi connectivity index (χ1) is 16.0. The number of benzene rings is 1. The Labute approximate surface area is 194 Å². The number of sulfone groups is 1. The van der Waals surface area contributed by atoms with Gasteiger partial charge in [0.15, 0.2) is 9.84 Å². The number of aromatic nitrogens is 2. The van der Waals surface area contributed by atoms with Crippen molar-refractivity contribution in [1.29, 1.82) is 5.26 Å². The second-order valence-electron chi connectivity index (χ2n) is 8.54. The number of amides is 1.